The van der Waals surface area contributed by atoms with E-state index in [0.717, 1.165) is 25.5 Å². The van der Waals surface area contributed by atoms with E-state index in [2.05, 4.69) is 5.32 Å². The first-order valence-corrected chi connectivity index (χ1v) is 5.77. The van der Waals surface area contributed by atoms with E-state index >= 15 is 0 Å². The number of benzene rings is 1. The number of nitrogens with one attached hydrogen (secondary N) is 1. The predicted octanol–water partition coefficient (Wildman–Crippen LogP) is 2.25. The Morgan fingerprint density at radius 2 is 2.17 bits per heavy atom. The Morgan fingerprint density at radius 1 is 1.39 bits per heavy atom. The van der Waals surface area contributed by atoms with Crippen LogP contribution in [0.4, 0.5) is 10.1 Å². The third-order valence-electron chi connectivity index (χ3n) is 2.43. The molecule has 0 heterocycles. The van der Waals surface area contributed by atoms with Crippen LogP contribution in [0.5, 0.6) is 0 Å². The SMILES string of the molecule is COCCCCNCc1cc(F)cc([N+](=O)[O-])c1. The summed E-state index contributed by atoms with van der Waals surface area (Å²) in [6.07, 6.45) is 1.90. The van der Waals surface area contributed by atoms with Gasteiger partial charge in [-0.3, -0.25) is 10.1 Å². The minimum Gasteiger partial charge on any atom is -0.385 e. The molecule has 1 N–H and O–H groups in total. The maximum Gasteiger partial charge on any atom is 0.272 e. The standard InChI is InChI=1S/C12H17FN2O3/c1-18-5-3-2-4-14-9-10-6-11(13)8-12(7-10)15(16)17/h6-8,14H,2-5,9H2,1H3. The fraction of sp³-hybridized carbons (Fsp3) is 0.500. The molecule has 0 unspecified atom stereocenters. The number of non-ortho nitro benzene ring substituents is 1. The smallest absolute Gasteiger partial charge is 0.272 e. The average Bonchev–Trinajstić information content (AvgIpc) is 2.33. The molecule has 0 spiro atoms. The van der Waals surface area contributed by atoms with Crippen LogP contribution in [0.3, 0.4) is 0 Å². The first-order valence-electron chi connectivity index (χ1n) is 5.77. The lowest BCUT2D eigenvalue weighted by molar-refractivity contribution is -0.385. The Bertz CT molecular complexity index is 399. The summed E-state index contributed by atoms with van der Waals surface area (Å²) >= 11 is 0. The molecule has 1 aromatic carbocycles. The number of nitro benzene ring substituents is 1. The molecule has 0 radical (unpaired) electrons. The van der Waals surface area contributed by atoms with E-state index in [1.807, 2.05) is 0 Å². The van der Waals surface area contributed by atoms with Crippen molar-refractivity contribution >= 4 is 5.69 Å². The number of hydrogen-bond donors (Lipinski definition) is 1. The Morgan fingerprint density at radius 3 is 2.83 bits per heavy atom. The first kappa shape index (κ1) is 14.5. The van der Waals surface area contributed by atoms with Crippen molar-refractivity contribution in [2.45, 2.75) is 19.4 Å². The maximum absolute atomic E-state index is 13.1. The average molecular weight is 256 g/mol. The highest BCUT2D eigenvalue weighted by molar-refractivity contribution is 5.35. The molecule has 1 aromatic rings. The van der Waals surface area contributed by atoms with Crippen molar-refractivity contribution in [1.29, 1.82) is 0 Å². The second-order valence-corrected chi connectivity index (χ2v) is 3.95. The summed E-state index contributed by atoms with van der Waals surface area (Å²) in [6.45, 7) is 1.91. The van der Waals surface area contributed by atoms with E-state index in [1.54, 1.807) is 7.11 Å². The van der Waals surface area contributed by atoms with Crippen molar-refractivity contribution in [3.05, 3.63) is 39.7 Å². The van der Waals surface area contributed by atoms with Gasteiger partial charge < -0.3 is 10.1 Å². The summed E-state index contributed by atoms with van der Waals surface area (Å²) in [5.41, 5.74) is 0.361. The van der Waals surface area contributed by atoms with Gasteiger partial charge in [-0.05, 0) is 31.0 Å². The van der Waals surface area contributed by atoms with Gasteiger partial charge >= 0.3 is 0 Å². The van der Waals surface area contributed by atoms with E-state index in [-0.39, 0.29) is 5.69 Å². The summed E-state index contributed by atoms with van der Waals surface area (Å²) < 4.78 is 18.0. The lowest BCUT2D eigenvalue weighted by Crippen LogP contribution is -2.15. The summed E-state index contributed by atoms with van der Waals surface area (Å²) in [7, 11) is 1.65. The van der Waals surface area contributed by atoms with E-state index in [1.165, 1.54) is 12.1 Å². The number of nitrogens with zero attached hydrogens (tertiary/aromatic N) is 1. The Kier molecular flexibility index (Phi) is 6.24. The monoisotopic (exact) mass is 256 g/mol. The highest BCUT2D eigenvalue weighted by atomic mass is 19.1. The van der Waals surface area contributed by atoms with Crippen molar-refractivity contribution in [2.24, 2.45) is 0 Å². The molecule has 100 valence electrons. The van der Waals surface area contributed by atoms with Gasteiger partial charge in [0.1, 0.15) is 5.82 Å². The third-order valence-corrected chi connectivity index (χ3v) is 2.43. The van der Waals surface area contributed by atoms with Gasteiger partial charge in [0, 0.05) is 26.3 Å². The summed E-state index contributed by atoms with van der Waals surface area (Å²) in [6, 6.07) is 3.60. The number of ether oxygens (including phenoxy) is 1. The van der Waals surface area contributed by atoms with Gasteiger partial charge in [-0.2, -0.15) is 0 Å². The highest BCUT2D eigenvalue weighted by Crippen LogP contribution is 2.16. The van der Waals surface area contributed by atoms with Gasteiger partial charge in [0.05, 0.1) is 11.0 Å². The van der Waals surface area contributed by atoms with Gasteiger partial charge in [-0.25, -0.2) is 4.39 Å². The lowest BCUT2D eigenvalue weighted by atomic mass is 10.2. The molecule has 0 bridgehead atoms. The molecule has 0 aliphatic heterocycles. The van der Waals surface area contributed by atoms with Gasteiger partial charge in [-0.15, -0.1) is 0 Å². The lowest BCUT2D eigenvalue weighted by Gasteiger charge is -2.05. The largest absolute Gasteiger partial charge is 0.385 e. The number of rotatable bonds is 8. The minimum absolute atomic E-state index is 0.216. The maximum atomic E-state index is 13.1. The molecule has 0 atom stereocenters. The van der Waals surface area contributed by atoms with Crippen LogP contribution in [0, 0.1) is 15.9 Å². The van der Waals surface area contributed by atoms with E-state index < -0.39 is 10.7 Å². The van der Waals surface area contributed by atoms with Gasteiger partial charge in [0.2, 0.25) is 0 Å². The topological polar surface area (TPSA) is 64.4 Å². The number of methoxy groups -OCH3 is 1. The summed E-state index contributed by atoms with van der Waals surface area (Å²) in [5, 5.41) is 13.7. The fourth-order valence-electron chi connectivity index (χ4n) is 1.57. The molecule has 0 amide bonds. The molecule has 0 saturated carbocycles. The highest BCUT2D eigenvalue weighted by Gasteiger charge is 2.09. The zero-order valence-corrected chi connectivity index (χ0v) is 10.3. The molecule has 0 aliphatic carbocycles. The molecule has 0 saturated heterocycles. The molecule has 5 nitrogen and oxygen atoms in total. The van der Waals surface area contributed by atoms with E-state index in [9.17, 15) is 14.5 Å². The van der Waals surface area contributed by atoms with Crippen LogP contribution < -0.4 is 5.32 Å². The van der Waals surface area contributed by atoms with Crippen LogP contribution in [0.1, 0.15) is 18.4 Å². The molecular weight excluding hydrogens is 239 g/mol. The molecule has 0 aliphatic rings. The van der Waals surface area contributed by atoms with Crippen molar-refractivity contribution in [2.75, 3.05) is 20.3 Å². The molecule has 0 aromatic heterocycles. The number of halogens is 1. The zero-order chi connectivity index (χ0) is 13.4. The minimum atomic E-state index is -0.592. The normalized spacial score (nSPS) is 10.6. The summed E-state index contributed by atoms with van der Waals surface area (Å²) in [5.74, 6) is -0.583. The third kappa shape index (κ3) is 5.20. The van der Waals surface area contributed by atoms with Crippen LogP contribution in [-0.2, 0) is 11.3 Å². The Balaban J connectivity index is 2.40. The van der Waals surface area contributed by atoms with Gasteiger partial charge in [0.25, 0.3) is 5.69 Å². The molecule has 6 heteroatoms. The zero-order valence-electron chi connectivity index (χ0n) is 10.3. The fourth-order valence-corrected chi connectivity index (χ4v) is 1.57. The first-order chi connectivity index (χ1) is 8.63. The van der Waals surface area contributed by atoms with Gasteiger partial charge in [0.15, 0.2) is 0 Å². The van der Waals surface area contributed by atoms with Crippen molar-refractivity contribution < 1.29 is 14.1 Å². The predicted molar refractivity (Wildman–Crippen MR) is 65.9 cm³/mol. The van der Waals surface area contributed by atoms with Crippen molar-refractivity contribution in [3.63, 3.8) is 0 Å². The second kappa shape index (κ2) is 7.73. The van der Waals surface area contributed by atoms with Crippen molar-refractivity contribution in [3.8, 4) is 0 Å². The Labute approximate surface area is 105 Å². The second-order valence-electron chi connectivity index (χ2n) is 3.95. The quantitative estimate of drug-likeness (QED) is 0.440. The van der Waals surface area contributed by atoms with Crippen LogP contribution >= 0.6 is 0 Å². The number of hydrogen-bond acceptors (Lipinski definition) is 4. The van der Waals surface area contributed by atoms with Crippen LogP contribution in [0.25, 0.3) is 0 Å². The van der Waals surface area contributed by atoms with Crippen molar-refractivity contribution in [1.82, 2.24) is 5.32 Å². The van der Waals surface area contributed by atoms with Gasteiger partial charge in [-0.1, -0.05) is 0 Å². The number of unbranched alkanes of at least 4 members (excludes halogenated alkanes) is 1. The summed E-state index contributed by atoms with van der Waals surface area (Å²) in [4.78, 5) is 9.97. The molecule has 1 rings (SSSR count). The molecular formula is C12H17FN2O3. The van der Waals surface area contributed by atoms with Crippen LogP contribution in [0.2, 0.25) is 0 Å². The molecule has 0 fully saturated rings. The molecule has 18 heavy (non-hydrogen) atoms. The number of nitro groups is 1. The van der Waals surface area contributed by atoms with Crippen LogP contribution in [-0.4, -0.2) is 25.2 Å². The Hall–Kier alpha value is -1.53. The van der Waals surface area contributed by atoms with E-state index in [4.69, 9.17) is 4.74 Å². The van der Waals surface area contributed by atoms with E-state index in [0.29, 0.717) is 18.7 Å². The van der Waals surface area contributed by atoms with Crippen LogP contribution in [0.15, 0.2) is 18.2 Å².